The fourth-order valence-corrected chi connectivity index (χ4v) is 1.54. The van der Waals surface area contributed by atoms with E-state index in [-0.39, 0.29) is 5.92 Å². The molecule has 0 saturated carbocycles. The van der Waals surface area contributed by atoms with E-state index in [9.17, 15) is 4.79 Å². The van der Waals surface area contributed by atoms with Crippen molar-refractivity contribution in [1.29, 1.82) is 0 Å². The third-order valence-corrected chi connectivity index (χ3v) is 2.53. The van der Waals surface area contributed by atoms with Crippen LogP contribution in [0, 0.1) is 12.8 Å². The number of aryl methyl sites for hydroxylation is 1. The van der Waals surface area contributed by atoms with Gasteiger partial charge in [-0.2, -0.15) is 0 Å². The lowest BCUT2D eigenvalue weighted by Crippen LogP contribution is -2.03. The second-order valence-electron chi connectivity index (χ2n) is 3.92. The summed E-state index contributed by atoms with van der Waals surface area (Å²) in [7, 11) is 0. The van der Waals surface area contributed by atoms with Crippen LogP contribution in [-0.2, 0) is 4.79 Å². The average Bonchev–Trinajstić information content (AvgIpc) is 2.33. The van der Waals surface area contributed by atoms with Crippen LogP contribution in [0.5, 0.6) is 5.75 Å². The highest BCUT2D eigenvalue weighted by molar-refractivity contribution is 5.58. The van der Waals surface area contributed by atoms with Crippen molar-refractivity contribution in [3.63, 3.8) is 0 Å². The summed E-state index contributed by atoms with van der Waals surface area (Å²) < 4.78 is 5.66. The van der Waals surface area contributed by atoms with E-state index in [4.69, 9.17) is 4.74 Å². The maximum Gasteiger partial charge on any atom is 0.127 e. The summed E-state index contributed by atoms with van der Waals surface area (Å²) in [6, 6.07) is 7.90. The Kier molecular flexibility index (Phi) is 3.20. The van der Waals surface area contributed by atoms with E-state index in [1.165, 1.54) is 5.56 Å². The molecule has 1 aromatic rings. The Bertz CT molecular complexity index is 427. The van der Waals surface area contributed by atoms with Crippen molar-refractivity contribution in [3.05, 3.63) is 53.8 Å². The maximum atomic E-state index is 10.5. The zero-order valence-electron chi connectivity index (χ0n) is 9.22. The van der Waals surface area contributed by atoms with Gasteiger partial charge in [0.25, 0.3) is 0 Å². The Hall–Kier alpha value is -1.83. The molecule has 0 aliphatic heterocycles. The Morgan fingerprint density at radius 3 is 2.62 bits per heavy atom. The summed E-state index contributed by atoms with van der Waals surface area (Å²) in [5.74, 6) is 1.64. The average molecular weight is 214 g/mol. The van der Waals surface area contributed by atoms with Crippen LogP contribution in [0.25, 0.3) is 0 Å². The van der Waals surface area contributed by atoms with Crippen LogP contribution in [-0.4, -0.2) is 6.29 Å². The molecule has 1 aromatic carbocycles. The lowest BCUT2D eigenvalue weighted by Gasteiger charge is -2.12. The van der Waals surface area contributed by atoms with Gasteiger partial charge in [0.1, 0.15) is 17.8 Å². The van der Waals surface area contributed by atoms with Gasteiger partial charge in [0.2, 0.25) is 0 Å². The number of aldehydes is 1. The molecule has 2 rings (SSSR count). The van der Waals surface area contributed by atoms with Gasteiger partial charge in [-0.05, 0) is 37.6 Å². The van der Waals surface area contributed by atoms with Crippen LogP contribution in [0.3, 0.4) is 0 Å². The summed E-state index contributed by atoms with van der Waals surface area (Å²) in [5, 5.41) is 0. The van der Waals surface area contributed by atoms with E-state index >= 15 is 0 Å². The first kappa shape index (κ1) is 10.7. The van der Waals surface area contributed by atoms with E-state index < -0.39 is 0 Å². The van der Waals surface area contributed by atoms with Gasteiger partial charge in [-0.25, -0.2) is 0 Å². The molecule has 0 spiro atoms. The van der Waals surface area contributed by atoms with Gasteiger partial charge in [-0.15, -0.1) is 0 Å². The first-order valence-corrected chi connectivity index (χ1v) is 5.36. The zero-order valence-corrected chi connectivity index (χ0v) is 9.22. The van der Waals surface area contributed by atoms with Gasteiger partial charge in [0.05, 0.1) is 0 Å². The molecular weight excluding hydrogens is 200 g/mol. The maximum absolute atomic E-state index is 10.5. The van der Waals surface area contributed by atoms with Crippen molar-refractivity contribution >= 4 is 6.29 Å². The SMILES string of the molecule is Cc1ccc(OC2=CCC(C=O)C=C2)cc1. The van der Waals surface area contributed by atoms with E-state index in [1.807, 2.05) is 49.4 Å². The predicted octanol–water partition coefficient (Wildman–Crippen LogP) is 3.03. The van der Waals surface area contributed by atoms with Crippen LogP contribution >= 0.6 is 0 Å². The molecule has 16 heavy (non-hydrogen) atoms. The monoisotopic (exact) mass is 214 g/mol. The number of rotatable bonds is 3. The van der Waals surface area contributed by atoms with E-state index in [1.54, 1.807) is 0 Å². The van der Waals surface area contributed by atoms with Crippen LogP contribution in [0.1, 0.15) is 12.0 Å². The molecule has 0 bridgehead atoms. The molecule has 0 fully saturated rings. The van der Waals surface area contributed by atoms with Crippen molar-refractivity contribution in [1.82, 2.24) is 0 Å². The van der Waals surface area contributed by atoms with Crippen LogP contribution < -0.4 is 4.74 Å². The number of ether oxygens (including phenoxy) is 1. The van der Waals surface area contributed by atoms with Gasteiger partial charge in [0.15, 0.2) is 0 Å². The fourth-order valence-electron chi connectivity index (χ4n) is 1.54. The van der Waals surface area contributed by atoms with Gasteiger partial charge in [0, 0.05) is 5.92 Å². The number of benzene rings is 1. The first-order chi connectivity index (χ1) is 7.78. The molecule has 0 amide bonds. The second-order valence-corrected chi connectivity index (χ2v) is 3.92. The minimum absolute atomic E-state index is 0.00497. The Labute approximate surface area is 95.2 Å². The molecule has 82 valence electrons. The highest BCUT2D eigenvalue weighted by atomic mass is 16.5. The molecule has 1 aliphatic rings. The molecule has 0 N–H and O–H groups in total. The van der Waals surface area contributed by atoms with Crippen LogP contribution in [0.2, 0.25) is 0 Å². The Morgan fingerprint density at radius 2 is 2.06 bits per heavy atom. The largest absolute Gasteiger partial charge is 0.458 e. The van der Waals surface area contributed by atoms with Crippen molar-refractivity contribution in [2.24, 2.45) is 5.92 Å². The quantitative estimate of drug-likeness (QED) is 0.723. The number of hydrogen-bond donors (Lipinski definition) is 0. The molecule has 0 radical (unpaired) electrons. The van der Waals surface area contributed by atoms with Crippen molar-refractivity contribution in [2.75, 3.05) is 0 Å². The third-order valence-electron chi connectivity index (χ3n) is 2.53. The molecule has 2 nitrogen and oxygen atoms in total. The van der Waals surface area contributed by atoms with Crippen molar-refractivity contribution < 1.29 is 9.53 Å². The molecule has 0 aromatic heterocycles. The molecule has 2 heteroatoms. The van der Waals surface area contributed by atoms with E-state index in [0.717, 1.165) is 24.2 Å². The Balaban J connectivity index is 2.01. The number of carbonyl (C=O) groups is 1. The third kappa shape index (κ3) is 2.60. The molecule has 0 saturated heterocycles. The molecule has 0 heterocycles. The van der Waals surface area contributed by atoms with Crippen LogP contribution in [0.4, 0.5) is 0 Å². The smallest absolute Gasteiger partial charge is 0.127 e. The van der Waals surface area contributed by atoms with Crippen LogP contribution in [0.15, 0.2) is 48.3 Å². The van der Waals surface area contributed by atoms with E-state index in [0.29, 0.717) is 0 Å². The van der Waals surface area contributed by atoms with Crippen molar-refractivity contribution in [2.45, 2.75) is 13.3 Å². The lowest BCUT2D eigenvalue weighted by molar-refractivity contribution is -0.109. The minimum Gasteiger partial charge on any atom is -0.458 e. The van der Waals surface area contributed by atoms with E-state index in [2.05, 4.69) is 0 Å². The number of carbonyl (C=O) groups excluding carboxylic acids is 1. The van der Waals surface area contributed by atoms with Gasteiger partial charge >= 0.3 is 0 Å². The Morgan fingerprint density at radius 1 is 1.31 bits per heavy atom. The topological polar surface area (TPSA) is 26.3 Å². The van der Waals surface area contributed by atoms with Crippen molar-refractivity contribution in [3.8, 4) is 5.75 Å². The second kappa shape index (κ2) is 4.79. The molecule has 1 unspecified atom stereocenters. The first-order valence-electron chi connectivity index (χ1n) is 5.36. The summed E-state index contributed by atoms with van der Waals surface area (Å²) >= 11 is 0. The molecular formula is C14H14O2. The minimum atomic E-state index is 0.00497. The lowest BCUT2D eigenvalue weighted by atomic mass is 10.0. The zero-order chi connectivity index (χ0) is 11.4. The van der Waals surface area contributed by atoms with Gasteiger partial charge in [-0.1, -0.05) is 23.8 Å². The molecule has 1 atom stereocenters. The van der Waals surface area contributed by atoms with Gasteiger partial charge < -0.3 is 9.53 Å². The summed E-state index contributed by atoms with van der Waals surface area (Å²) in [6.07, 6.45) is 7.34. The normalized spacial score (nSPS) is 19.1. The number of allylic oxidation sites excluding steroid dienone is 3. The summed E-state index contributed by atoms with van der Waals surface area (Å²) in [6.45, 7) is 2.04. The summed E-state index contributed by atoms with van der Waals surface area (Å²) in [5.41, 5.74) is 1.21. The van der Waals surface area contributed by atoms with Gasteiger partial charge in [-0.3, -0.25) is 0 Å². The highest BCUT2D eigenvalue weighted by Gasteiger charge is 2.08. The summed E-state index contributed by atoms with van der Waals surface area (Å²) in [4.78, 5) is 10.5. The highest BCUT2D eigenvalue weighted by Crippen LogP contribution is 2.19. The molecule has 1 aliphatic carbocycles. The fraction of sp³-hybridized carbons (Fsp3) is 0.214. The number of hydrogen-bond acceptors (Lipinski definition) is 2. The predicted molar refractivity (Wildman–Crippen MR) is 63.2 cm³/mol. The standard InChI is InChI=1S/C14H14O2/c1-11-2-6-13(7-3-11)16-14-8-4-12(10-15)5-9-14/h2-4,6-10,12H,5H2,1H3.